The molecular formula is C53H37NS. The molecule has 1 aliphatic carbocycles. The third-order valence-electron chi connectivity index (χ3n) is 9.74. The molecule has 0 radical (unpaired) electrons. The van der Waals surface area contributed by atoms with E-state index in [1.807, 2.05) is 0 Å². The monoisotopic (exact) mass is 746 g/mol. The van der Waals surface area contributed by atoms with Gasteiger partial charge in [0.1, 0.15) is 0 Å². The number of thiophene rings is 1. The summed E-state index contributed by atoms with van der Waals surface area (Å²) in [5.74, 6) is 0. The van der Waals surface area contributed by atoms with E-state index in [-0.39, 0.29) is 76.5 Å². The molecule has 0 saturated heterocycles. The standard InChI is InChI=1S/C53H37NS/c1-53(2)46-24-9-7-21-42(46)43-31-29-38(33-47(43)53)54(48-25-13-27-50-52(48)45-22-8-10-26-49(45)55-50)37-18-11-17-36(32-37)41-30-28-35-15-4-6-20-40(35)51(41)44-23-12-16-34-14-3-5-19-39(34)44/h3-33H,1-2H3/i1D3,2D3,3D,4D,5D,6D,7D,9D,10D,11D,13D,14D,15D,16D,21D,24D,25D,26D,27D,28D,30D,32D,33D. The highest BCUT2D eigenvalue weighted by atomic mass is 32.1. The smallest absolute Gasteiger partial charge is 0.0651 e. The number of hydrogen-bond donors (Lipinski definition) is 0. The first-order valence-electron chi connectivity index (χ1n) is 30.4. The third kappa shape index (κ3) is 4.92. The van der Waals surface area contributed by atoms with Crippen LogP contribution in [0, 0.1) is 0 Å². The van der Waals surface area contributed by atoms with Gasteiger partial charge in [-0.25, -0.2) is 0 Å². The van der Waals surface area contributed by atoms with E-state index in [0.717, 1.165) is 46.6 Å². The molecule has 260 valence electrons. The molecule has 1 aromatic heterocycles. The van der Waals surface area contributed by atoms with Crippen LogP contribution in [0.25, 0.3) is 75.1 Å². The van der Waals surface area contributed by atoms with Crippen molar-refractivity contribution >= 4 is 70.1 Å². The molecule has 0 saturated carbocycles. The summed E-state index contributed by atoms with van der Waals surface area (Å²) in [6.45, 7) is -7.51. The van der Waals surface area contributed by atoms with Crippen molar-refractivity contribution in [1.82, 2.24) is 0 Å². The van der Waals surface area contributed by atoms with Crippen molar-refractivity contribution in [2.24, 2.45) is 0 Å². The van der Waals surface area contributed by atoms with Gasteiger partial charge >= 0.3 is 0 Å². The van der Waals surface area contributed by atoms with E-state index in [2.05, 4.69) is 0 Å². The van der Waals surface area contributed by atoms with Crippen molar-refractivity contribution in [2.75, 3.05) is 4.90 Å². The lowest BCUT2D eigenvalue weighted by molar-refractivity contribution is 0.660. The zero-order chi connectivity index (χ0) is 59.9. The quantitative estimate of drug-likeness (QED) is 0.169. The van der Waals surface area contributed by atoms with Crippen molar-refractivity contribution in [1.29, 1.82) is 0 Å². The van der Waals surface area contributed by atoms with Crippen LogP contribution in [0.5, 0.6) is 0 Å². The first kappa shape index (κ1) is 15.0. The van der Waals surface area contributed by atoms with E-state index in [0.29, 0.717) is 0 Å². The average Bonchev–Trinajstić information content (AvgIpc) is 1.54. The van der Waals surface area contributed by atoms with Crippen molar-refractivity contribution in [3.63, 3.8) is 0 Å². The molecule has 0 fully saturated rings. The molecule has 9 aromatic carbocycles. The summed E-state index contributed by atoms with van der Waals surface area (Å²) in [6, 6.07) is -1.69. The Labute approximate surface area is 363 Å². The van der Waals surface area contributed by atoms with Crippen LogP contribution in [0.2, 0.25) is 0 Å². The van der Waals surface area contributed by atoms with Crippen LogP contribution in [0.4, 0.5) is 17.1 Å². The van der Waals surface area contributed by atoms with Gasteiger partial charge in [-0.05, 0) is 108 Å². The lowest BCUT2D eigenvalue weighted by atomic mass is 9.82. The number of hydrogen-bond acceptors (Lipinski definition) is 2. The lowest BCUT2D eigenvalue weighted by Gasteiger charge is -2.29. The second kappa shape index (κ2) is 12.3. The Kier molecular flexibility index (Phi) is 3.34. The molecule has 0 N–H and O–H groups in total. The maximum absolute atomic E-state index is 10.4. The van der Waals surface area contributed by atoms with Gasteiger partial charge in [-0.15, -0.1) is 11.3 Å². The summed E-state index contributed by atoms with van der Waals surface area (Å²) < 4.78 is 246. The summed E-state index contributed by atoms with van der Waals surface area (Å²) in [5, 5.41) is -0.618. The summed E-state index contributed by atoms with van der Waals surface area (Å²) >= 11 is 0.798. The Balaban J connectivity index is 1.36. The number of benzene rings is 9. The number of anilines is 3. The van der Waals surface area contributed by atoms with Crippen LogP contribution in [0.15, 0.2) is 188 Å². The molecule has 0 unspecified atom stereocenters. The summed E-state index contributed by atoms with van der Waals surface area (Å²) in [7, 11) is 0. The molecule has 11 rings (SSSR count). The zero-order valence-electron chi connectivity index (χ0n) is 55.1. The van der Waals surface area contributed by atoms with E-state index >= 15 is 0 Å². The lowest BCUT2D eigenvalue weighted by Crippen LogP contribution is -2.16. The van der Waals surface area contributed by atoms with Gasteiger partial charge in [0.25, 0.3) is 0 Å². The fourth-order valence-electron chi connectivity index (χ4n) is 7.34. The average molecular weight is 747 g/mol. The Morgan fingerprint density at radius 3 is 2.24 bits per heavy atom. The van der Waals surface area contributed by atoms with E-state index in [4.69, 9.17) is 27.4 Å². The Morgan fingerprint density at radius 1 is 0.509 bits per heavy atom. The number of fused-ring (bicyclic) bond motifs is 8. The first-order chi connectivity index (χ1) is 38.2. The van der Waals surface area contributed by atoms with Gasteiger partial charge in [-0.2, -0.15) is 0 Å². The Hall–Kier alpha value is -6.48. The van der Waals surface area contributed by atoms with Gasteiger partial charge in [0.15, 0.2) is 0 Å². The maximum atomic E-state index is 10.4. The van der Waals surface area contributed by atoms with Crippen LogP contribution in [0.3, 0.4) is 0 Å². The van der Waals surface area contributed by atoms with Crippen molar-refractivity contribution in [3.8, 4) is 33.4 Å². The minimum atomic E-state index is -3.75. The fourth-order valence-corrected chi connectivity index (χ4v) is 8.35. The van der Waals surface area contributed by atoms with E-state index < -0.39 is 173 Å². The molecule has 1 aliphatic rings. The molecule has 0 bridgehead atoms. The fraction of sp³-hybridized carbons (Fsp3) is 0.0566. The highest BCUT2D eigenvalue weighted by Gasteiger charge is 2.36. The van der Waals surface area contributed by atoms with Crippen LogP contribution < -0.4 is 4.90 Å². The first-order valence-corrected chi connectivity index (χ1v) is 17.7. The highest BCUT2D eigenvalue weighted by molar-refractivity contribution is 7.26. The number of rotatable bonds is 5. The summed E-state index contributed by atoms with van der Waals surface area (Å²) in [6.07, 6.45) is 0. The van der Waals surface area contributed by atoms with E-state index in [9.17, 15) is 9.60 Å². The Morgan fingerprint density at radius 2 is 1.33 bits per heavy atom. The molecule has 55 heavy (non-hydrogen) atoms. The molecule has 10 aromatic rings. The Bertz CT molecular complexity index is 4560. The minimum Gasteiger partial charge on any atom is -0.310 e. The van der Waals surface area contributed by atoms with E-state index in [1.165, 1.54) is 30.3 Å². The molecule has 0 atom stereocenters. The topological polar surface area (TPSA) is 3.24 Å². The zero-order valence-corrected chi connectivity index (χ0v) is 28.9. The molecule has 0 spiro atoms. The molecule has 0 amide bonds. The molecular weight excluding hydrogens is 683 g/mol. The SMILES string of the molecule is [2H]c1cc(-c2c([2H])c([2H])c3c([2H])c([2H])c([2H])cc3c2-c2ccc([2H])c3c([2H])c([2H])c([2H])cc23)c([2H])c(N(c2ccc3c(c2[2H])C(C([2H])([2H])[2H])(C([2H])([2H])[2H])c2c([2H])c([2H])c([2H])c([2H])c2-3)c2c([2H])c([2H])c([2H])c3sc4c([2H])c([2H])ccc4c23)c1. The number of nitrogens with zero attached hydrogens (tertiary/aromatic N) is 1. The van der Waals surface area contributed by atoms with Gasteiger partial charge in [-0.1, -0.05) is 159 Å². The van der Waals surface area contributed by atoms with Crippen LogP contribution in [-0.4, -0.2) is 0 Å². The van der Waals surface area contributed by atoms with Gasteiger partial charge in [0.2, 0.25) is 0 Å². The predicted molar refractivity (Wildman–Crippen MR) is 237 cm³/mol. The molecule has 1 heterocycles. The molecule has 0 aliphatic heterocycles. The van der Waals surface area contributed by atoms with E-state index in [1.54, 1.807) is 0 Å². The van der Waals surface area contributed by atoms with Crippen LogP contribution >= 0.6 is 11.3 Å². The van der Waals surface area contributed by atoms with Crippen molar-refractivity contribution in [2.45, 2.75) is 19.1 Å². The van der Waals surface area contributed by atoms with Gasteiger partial charge in [0, 0.05) is 45.2 Å². The van der Waals surface area contributed by atoms with Crippen LogP contribution in [0.1, 0.15) is 61.8 Å². The normalized spacial score (nSPS) is 20.5. The summed E-state index contributed by atoms with van der Waals surface area (Å²) in [5.41, 5.74) is -8.62. The third-order valence-corrected chi connectivity index (χ3v) is 10.8. The van der Waals surface area contributed by atoms with Gasteiger partial charge in [-0.3, -0.25) is 0 Å². The second-order valence-corrected chi connectivity index (χ2v) is 13.8. The molecule has 1 nitrogen and oxygen atoms in total. The van der Waals surface area contributed by atoms with Gasteiger partial charge < -0.3 is 4.90 Å². The van der Waals surface area contributed by atoms with Crippen molar-refractivity contribution < 1.29 is 37.0 Å². The van der Waals surface area contributed by atoms with Crippen LogP contribution in [-0.2, 0) is 5.41 Å². The minimum absolute atomic E-state index is 0.0116. The predicted octanol–water partition coefficient (Wildman–Crippen LogP) is 15.5. The maximum Gasteiger partial charge on any atom is 0.0651 e. The second-order valence-electron chi connectivity index (χ2n) is 12.8. The largest absolute Gasteiger partial charge is 0.310 e. The van der Waals surface area contributed by atoms with Gasteiger partial charge in [0.05, 0.1) is 34.5 Å². The highest BCUT2D eigenvalue weighted by Crippen LogP contribution is 2.52. The van der Waals surface area contributed by atoms with Crippen molar-refractivity contribution in [3.05, 3.63) is 199 Å². The molecule has 2 heteroatoms. The summed E-state index contributed by atoms with van der Waals surface area (Å²) in [4.78, 5) is 0.974.